The molecule has 0 radical (unpaired) electrons. The van der Waals surface area contributed by atoms with E-state index in [0.717, 1.165) is 18.5 Å². The van der Waals surface area contributed by atoms with Crippen LogP contribution in [0.4, 0.5) is 37.8 Å². The van der Waals surface area contributed by atoms with E-state index < -0.39 is 58.9 Å². The summed E-state index contributed by atoms with van der Waals surface area (Å²) in [6.45, 7) is 2.95. The number of amides is 1. The maximum Gasteiger partial charge on any atom is 0.423 e. The molecule has 41 heavy (non-hydrogen) atoms. The van der Waals surface area contributed by atoms with Crippen LogP contribution in [0, 0.1) is 0 Å². The van der Waals surface area contributed by atoms with E-state index in [4.69, 9.17) is 9.47 Å². The molecule has 0 spiro atoms. The second-order valence-corrected chi connectivity index (χ2v) is 10.3. The highest BCUT2D eigenvalue weighted by Gasteiger charge is 2.40. The van der Waals surface area contributed by atoms with Gasteiger partial charge in [0.05, 0.1) is 48.8 Å². The van der Waals surface area contributed by atoms with E-state index in [2.05, 4.69) is 15.4 Å². The molecule has 2 aliphatic heterocycles. The zero-order chi connectivity index (χ0) is 30.2. The van der Waals surface area contributed by atoms with Gasteiger partial charge in [-0.25, -0.2) is 10.1 Å². The fourth-order valence-corrected chi connectivity index (χ4v) is 4.68. The van der Waals surface area contributed by atoms with E-state index in [-0.39, 0.29) is 50.5 Å². The molecule has 0 aliphatic carbocycles. The molecular weight excluding hydrogens is 566 g/mol. The maximum atomic E-state index is 13.3. The molecule has 0 aromatic carbocycles. The number of aromatic amines is 1. The number of carbonyl (C=O) groups is 1. The number of anilines is 2. The first-order chi connectivity index (χ1) is 19.1. The highest BCUT2D eigenvalue weighted by molar-refractivity contribution is 5.81. The molecule has 4 rings (SSSR count). The Labute approximate surface area is 229 Å². The van der Waals surface area contributed by atoms with E-state index in [9.17, 15) is 41.0 Å². The number of aromatic nitrogens is 3. The number of halogens is 6. The Balaban J connectivity index is 1.33. The van der Waals surface area contributed by atoms with Crippen LogP contribution >= 0.6 is 0 Å². The first-order valence-electron chi connectivity index (χ1n) is 12.5. The highest BCUT2D eigenvalue weighted by Crippen LogP contribution is 2.38. The average Bonchev–Trinajstić information content (AvgIpc) is 3.04. The van der Waals surface area contributed by atoms with Crippen molar-refractivity contribution < 1.29 is 45.7 Å². The topological polar surface area (TPSA) is 133 Å². The van der Waals surface area contributed by atoms with Crippen molar-refractivity contribution in [3.05, 3.63) is 39.9 Å². The number of alkyl halides is 6. The van der Waals surface area contributed by atoms with E-state index in [1.807, 2.05) is 0 Å². The number of aliphatic hydroxyl groups is 1. The van der Waals surface area contributed by atoms with Crippen LogP contribution in [0.3, 0.4) is 0 Å². The van der Waals surface area contributed by atoms with Gasteiger partial charge in [0.15, 0.2) is 17.7 Å². The molecule has 11 nitrogen and oxygen atoms in total. The summed E-state index contributed by atoms with van der Waals surface area (Å²) in [7, 11) is 0. The first-order valence-corrected chi connectivity index (χ1v) is 12.5. The predicted octanol–water partition coefficient (Wildman–Crippen LogP) is 2.27. The smallest absolute Gasteiger partial charge is 0.423 e. The molecule has 226 valence electrons. The van der Waals surface area contributed by atoms with Gasteiger partial charge in [-0.3, -0.25) is 9.59 Å². The third kappa shape index (κ3) is 7.01. The Hall–Kier alpha value is -3.60. The van der Waals surface area contributed by atoms with Gasteiger partial charge in [-0.15, -0.1) is 0 Å². The second kappa shape index (κ2) is 11.3. The number of hydrogen-bond donors (Lipinski definition) is 3. The second-order valence-electron chi connectivity index (χ2n) is 10.3. The van der Waals surface area contributed by atoms with Crippen LogP contribution in [-0.4, -0.2) is 88.2 Å². The number of rotatable bonds is 7. The van der Waals surface area contributed by atoms with Gasteiger partial charge in [0, 0.05) is 32.3 Å². The number of nitrogens with one attached hydrogen (secondary N) is 2. The minimum atomic E-state index is -4.93. The van der Waals surface area contributed by atoms with E-state index in [0.29, 0.717) is 6.42 Å². The van der Waals surface area contributed by atoms with Crippen molar-refractivity contribution in [1.82, 2.24) is 20.1 Å². The Morgan fingerprint density at radius 3 is 2.63 bits per heavy atom. The quantitative estimate of drug-likeness (QED) is 0.413. The van der Waals surface area contributed by atoms with Crippen LogP contribution in [0.25, 0.3) is 0 Å². The molecule has 2 aliphatic rings. The largest absolute Gasteiger partial charge is 0.490 e. The summed E-state index contributed by atoms with van der Waals surface area (Å²) in [4.78, 5) is 31.8. The van der Waals surface area contributed by atoms with Gasteiger partial charge in [0.25, 0.3) is 11.5 Å². The van der Waals surface area contributed by atoms with E-state index in [1.165, 1.54) is 18.7 Å². The number of hydrogen-bond acceptors (Lipinski definition) is 9. The van der Waals surface area contributed by atoms with Crippen LogP contribution in [0.5, 0.6) is 5.75 Å². The lowest BCUT2D eigenvalue weighted by Crippen LogP contribution is -2.57. The number of ether oxygens (including phenoxy) is 2. The van der Waals surface area contributed by atoms with Crippen molar-refractivity contribution in [1.29, 1.82) is 0 Å². The Morgan fingerprint density at radius 1 is 1.22 bits per heavy atom. The number of carbonyl (C=O) groups excluding carboxylic acids is 1. The van der Waals surface area contributed by atoms with Gasteiger partial charge < -0.3 is 29.7 Å². The monoisotopic (exact) mass is 594 g/mol. The van der Waals surface area contributed by atoms with Crippen molar-refractivity contribution in [2.45, 2.75) is 50.3 Å². The molecule has 2 atom stereocenters. The minimum absolute atomic E-state index is 0.00463. The third-order valence-corrected chi connectivity index (χ3v) is 6.57. The average molecular weight is 595 g/mol. The van der Waals surface area contributed by atoms with E-state index in [1.54, 1.807) is 10.00 Å². The summed E-state index contributed by atoms with van der Waals surface area (Å²) in [5.41, 5.74) is -5.50. The summed E-state index contributed by atoms with van der Waals surface area (Å²) in [6.07, 6.45) is -9.13. The lowest BCUT2D eigenvalue weighted by atomic mass is 10.1. The Morgan fingerprint density at radius 2 is 1.95 bits per heavy atom. The molecular formula is C24H28F6N6O5. The van der Waals surface area contributed by atoms with Crippen LogP contribution in [-0.2, 0) is 21.9 Å². The summed E-state index contributed by atoms with van der Waals surface area (Å²) in [5.74, 6) is -0.389. The van der Waals surface area contributed by atoms with Crippen molar-refractivity contribution >= 4 is 17.4 Å². The number of aliphatic hydroxyl groups excluding tert-OH is 1. The van der Waals surface area contributed by atoms with Gasteiger partial charge in [0.2, 0.25) is 0 Å². The zero-order valence-electron chi connectivity index (χ0n) is 22.0. The minimum Gasteiger partial charge on any atom is -0.490 e. The number of H-pyrrole nitrogens is 1. The molecule has 1 amide bonds. The molecule has 0 saturated carbocycles. The molecule has 1 unspecified atom stereocenters. The summed E-state index contributed by atoms with van der Waals surface area (Å²) in [5, 5.41) is 18.2. The predicted molar refractivity (Wildman–Crippen MR) is 131 cm³/mol. The molecule has 17 heteroatoms. The summed E-state index contributed by atoms with van der Waals surface area (Å²) >= 11 is 0. The summed E-state index contributed by atoms with van der Waals surface area (Å²) < 4.78 is 90.2. The molecule has 1 fully saturated rings. The van der Waals surface area contributed by atoms with Crippen molar-refractivity contribution in [3.8, 4) is 5.75 Å². The van der Waals surface area contributed by atoms with Gasteiger partial charge in [-0.05, 0) is 19.9 Å². The maximum absolute atomic E-state index is 13.3. The fourth-order valence-electron chi connectivity index (χ4n) is 4.68. The van der Waals surface area contributed by atoms with Crippen LogP contribution in [0.15, 0.2) is 23.3 Å². The standard InChI is InChI=1S/C24H28F6N6O5/c1-22(2,33-15-9-32-34-20(38)18(15)24(28,29)30)12-40-11-16(37)21(39)35-4-5-36-14(10-35)3-6-41-17-7-13(23(25,26)27)8-31-19(17)36/h7-9,14,16,37H,3-6,10-12H2,1-2H3,(H2,33,34,38)/t14-,16?/m1/s1. The first kappa shape index (κ1) is 30.4. The summed E-state index contributed by atoms with van der Waals surface area (Å²) in [6, 6.07) is 0.579. The van der Waals surface area contributed by atoms with Crippen molar-refractivity contribution in [2.24, 2.45) is 0 Å². The number of pyridine rings is 1. The number of nitrogens with zero attached hydrogens (tertiary/aromatic N) is 4. The van der Waals surface area contributed by atoms with E-state index >= 15 is 0 Å². The zero-order valence-corrected chi connectivity index (χ0v) is 22.0. The van der Waals surface area contributed by atoms with Gasteiger partial charge in [0.1, 0.15) is 5.56 Å². The molecule has 2 aromatic rings. The van der Waals surface area contributed by atoms with Crippen LogP contribution in [0.1, 0.15) is 31.4 Å². The number of fused-ring (bicyclic) bond motifs is 3. The van der Waals surface area contributed by atoms with Gasteiger partial charge >= 0.3 is 12.4 Å². The van der Waals surface area contributed by atoms with Crippen molar-refractivity contribution in [3.63, 3.8) is 0 Å². The highest BCUT2D eigenvalue weighted by atomic mass is 19.4. The normalized spacial score (nSPS) is 18.6. The molecule has 2 aromatic heterocycles. The third-order valence-electron chi connectivity index (χ3n) is 6.57. The van der Waals surface area contributed by atoms with Crippen LogP contribution < -0.4 is 20.5 Å². The van der Waals surface area contributed by atoms with Crippen LogP contribution in [0.2, 0.25) is 0 Å². The lowest BCUT2D eigenvalue weighted by molar-refractivity contribution is -0.144. The molecule has 0 bridgehead atoms. The Kier molecular flexibility index (Phi) is 8.40. The lowest BCUT2D eigenvalue weighted by Gasteiger charge is -2.41. The Bertz CT molecular complexity index is 1320. The molecule has 1 saturated heterocycles. The number of piperazine rings is 1. The van der Waals surface area contributed by atoms with Gasteiger partial charge in [-0.1, -0.05) is 0 Å². The molecule has 4 heterocycles. The van der Waals surface area contributed by atoms with Crippen molar-refractivity contribution in [2.75, 3.05) is 49.7 Å². The fraction of sp³-hybridized carbons (Fsp3) is 0.583. The van der Waals surface area contributed by atoms with Gasteiger partial charge in [-0.2, -0.15) is 31.4 Å². The SMILES string of the molecule is CC(C)(COCC(O)C(=O)N1CCN2c3ncc(C(F)(F)F)cc3OCC[C@@H]2C1)Nc1cn[nH]c(=O)c1C(F)(F)F. The molecule has 3 N–H and O–H groups in total.